The molecule has 1 unspecified atom stereocenters. The third kappa shape index (κ3) is 3.42. The first-order valence-corrected chi connectivity index (χ1v) is 9.50. The number of hydrogen-bond acceptors (Lipinski definition) is 4. The average Bonchev–Trinajstić information content (AvgIpc) is 2.86. The zero-order valence-corrected chi connectivity index (χ0v) is 14.1. The van der Waals surface area contributed by atoms with Gasteiger partial charge >= 0.3 is 0 Å². The van der Waals surface area contributed by atoms with Crippen molar-refractivity contribution < 1.29 is 8.42 Å². The maximum Gasteiger partial charge on any atom is 0.252 e. The van der Waals surface area contributed by atoms with Gasteiger partial charge < -0.3 is 5.32 Å². The first-order chi connectivity index (χ1) is 9.45. The minimum atomic E-state index is -3.27. The molecule has 114 valence electrons. The lowest BCUT2D eigenvalue weighted by molar-refractivity contribution is 0.233. The van der Waals surface area contributed by atoms with E-state index in [1.807, 2.05) is 13.0 Å². The maximum atomic E-state index is 12.5. The Balaban J connectivity index is 2.00. The molecule has 4 nitrogen and oxygen atoms in total. The molecule has 1 aromatic rings. The van der Waals surface area contributed by atoms with E-state index in [1.165, 1.54) is 11.3 Å². The molecule has 6 heteroatoms. The molecule has 0 amide bonds. The summed E-state index contributed by atoms with van der Waals surface area (Å²) >= 11 is 1.36. The number of aryl methyl sites for hydroxylation is 1. The van der Waals surface area contributed by atoms with Crippen molar-refractivity contribution in [3.05, 3.63) is 17.0 Å². The smallest absolute Gasteiger partial charge is 0.252 e. The Kier molecular flexibility index (Phi) is 5.23. The van der Waals surface area contributed by atoms with Crippen LogP contribution in [0.2, 0.25) is 0 Å². The van der Waals surface area contributed by atoms with Gasteiger partial charge in [-0.1, -0.05) is 6.92 Å². The molecule has 2 rings (SSSR count). The fourth-order valence-corrected chi connectivity index (χ4v) is 5.69. The van der Waals surface area contributed by atoms with E-state index in [9.17, 15) is 8.42 Å². The Labute approximate surface area is 126 Å². The van der Waals surface area contributed by atoms with Gasteiger partial charge in [0.25, 0.3) is 10.0 Å². The third-order valence-corrected chi connectivity index (χ3v) is 7.41. The second kappa shape index (κ2) is 6.56. The Morgan fingerprint density at radius 2 is 2.05 bits per heavy atom. The van der Waals surface area contributed by atoms with Crippen LogP contribution in [0.25, 0.3) is 0 Å². The summed E-state index contributed by atoms with van der Waals surface area (Å²) in [5.41, 5.74) is 0. The summed E-state index contributed by atoms with van der Waals surface area (Å²) in [5.74, 6) is 0.575. The summed E-state index contributed by atoms with van der Waals surface area (Å²) in [6.07, 6.45) is 1.88. The molecule has 0 bridgehead atoms. The van der Waals surface area contributed by atoms with Crippen molar-refractivity contribution in [2.75, 3.05) is 19.6 Å². The van der Waals surface area contributed by atoms with E-state index in [4.69, 9.17) is 0 Å². The molecule has 2 heterocycles. The van der Waals surface area contributed by atoms with Crippen molar-refractivity contribution in [3.63, 3.8) is 0 Å². The van der Waals surface area contributed by atoms with Gasteiger partial charge in [0.05, 0.1) is 0 Å². The van der Waals surface area contributed by atoms with Crippen LogP contribution in [0.5, 0.6) is 0 Å². The normalized spacial score (nSPS) is 20.1. The summed E-state index contributed by atoms with van der Waals surface area (Å²) in [5, 5.41) is 3.44. The first-order valence-electron chi connectivity index (χ1n) is 7.25. The maximum absolute atomic E-state index is 12.5. The number of hydrogen-bond donors (Lipinski definition) is 1. The summed E-state index contributed by atoms with van der Waals surface area (Å²) in [4.78, 5) is 1.04. The molecular formula is C14H24N2O2S2. The van der Waals surface area contributed by atoms with Crippen molar-refractivity contribution in [3.8, 4) is 0 Å². The lowest BCUT2D eigenvalue weighted by Gasteiger charge is -2.34. The van der Waals surface area contributed by atoms with Crippen LogP contribution in [0.4, 0.5) is 0 Å². The van der Waals surface area contributed by atoms with Crippen molar-refractivity contribution >= 4 is 21.4 Å². The quantitative estimate of drug-likeness (QED) is 0.908. The molecule has 1 atom stereocenters. The van der Waals surface area contributed by atoms with Crippen molar-refractivity contribution in [2.45, 2.75) is 43.9 Å². The number of sulfonamides is 1. The van der Waals surface area contributed by atoms with Gasteiger partial charge in [-0.3, -0.25) is 0 Å². The summed E-state index contributed by atoms with van der Waals surface area (Å²) in [7, 11) is -3.27. The second-order valence-electron chi connectivity index (χ2n) is 5.45. The van der Waals surface area contributed by atoms with Crippen LogP contribution in [-0.4, -0.2) is 38.4 Å². The molecule has 0 radical (unpaired) electrons. The van der Waals surface area contributed by atoms with Crippen LogP contribution in [0, 0.1) is 12.8 Å². The molecule has 1 aliphatic rings. The lowest BCUT2D eigenvalue weighted by atomic mass is 9.91. The van der Waals surface area contributed by atoms with E-state index < -0.39 is 10.0 Å². The highest BCUT2D eigenvalue weighted by molar-refractivity contribution is 7.91. The van der Waals surface area contributed by atoms with Gasteiger partial charge in [0.1, 0.15) is 4.21 Å². The Morgan fingerprint density at radius 3 is 2.55 bits per heavy atom. The van der Waals surface area contributed by atoms with Crippen LogP contribution < -0.4 is 5.32 Å². The van der Waals surface area contributed by atoms with Crippen molar-refractivity contribution in [1.29, 1.82) is 0 Å². The molecule has 20 heavy (non-hydrogen) atoms. The van der Waals surface area contributed by atoms with Crippen LogP contribution in [0.1, 0.15) is 31.6 Å². The molecule has 0 aliphatic carbocycles. The highest BCUT2D eigenvalue weighted by Gasteiger charge is 2.31. The van der Waals surface area contributed by atoms with E-state index in [2.05, 4.69) is 19.2 Å². The molecule has 1 N–H and O–H groups in total. The number of nitrogens with one attached hydrogen (secondary N) is 1. The zero-order valence-electron chi connectivity index (χ0n) is 12.4. The SMILES string of the molecule is CCNC(C)C1CCN(S(=O)(=O)c2ccc(C)s2)CC1. The lowest BCUT2D eigenvalue weighted by Crippen LogP contribution is -2.43. The largest absolute Gasteiger partial charge is 0.314 e. The minimum absolute atomic E-state index is 0.467. The van der Waals surface area contributed by atoms with Crippen LogP contribution in [0.3, 0.4) is 0 Å². The van der Waals surface area contributed by atoms with Gasteiger partial charge in [-0.2, -0.15) is 4.31 Å². The van der Waals surface area contributed by atoms with Gasteiger partial charge in [0.15, 0.2) is 0 Å². The molecule has 1 aliphatic heterocycles. The Morgan fingerprint density at radius 1 is 1.40 bits per heavy atom. The number of nitrogens with zero attached hydrogens (tertiary/aromatic N) is 1. The molecular weight excluding hydrogens is 292 g/mol. The predicted molar refractivity (Wildman–Crippen MR) is 83.7 cm³/mol. The van der Waals surface area contributed by atoms with E-state index in [1.54, 1.807) is 10.4 Å². The topological polar surface area (TPSA) is 49.4 Å². The van der Waals surface area contributed by atoms with E-state index in [-0.39, 0.29) is 0 Å². The highest BCUT2D eigenvalue weighted by Crippen LogP contribution is 2.29. The third-order valence-electron chi connectivity index (χ3n) is 4.04. The zero-order chi connectivity index (χ0) is 14.8. The molecule has 1 aromatic heterocycles. The number of piperidine rings is 1. The number of rotatable bonds is 5. The van der Waals surface area contributed by atoms with Gasteiger partial charge in [-0.15, -0.1) is 11.3 Å². The minimum Gasteiger partial charge on any atom is -0.314 e. The monoisotopic (exact) mass is 316 g/mol. The van der Waals surface area contributed by atoms with Gasteiger partial charge in [-0.05, 0) is 51.3 Å². The van der Waals surface area contributed by atoms with Gasteiger partial charge in [0, 0.05) is 24.0 Å². The van der Waals surface area contributed by atoms with E-state index in [0.29, 0.717) is 29.3 Å². The molecule has 1 fully saturated rings. The number of thiophene rings is 1. The summed E-state index contributed by atoms with van der Waals surface area (Å²) < 4.78 is 27.2. The first kappa shape index (κ1) is 15.9. The highest BCUT2D eigenvalue weighted by atomic mass is 32.2. The molecule has 0 spiro atoms. The summed E-state index contributed by atoms with van der Waals surface area (Å²) in [6, 6.07) is 4.06. The fourth-order valence-electron chi connectivity index (χ4n) is 2.78. The van der Waals surface area contributed by atoms with Crippen LogP contribution in [-0.2, 0) is 10.0 Å². The second-order valence-corrected chi connectivity index (χ2v) is 8.91. The van der Waals surface area contributed by atoms with Crippen molar-refractivity contribution in [1.82, 2.24) is 9.62 Å². The predicted octanol–water partition coefficient (Wildman–Crippen LogP) is 2.46. The molecule has 0 saturated carbocycles. The van der Waals surface area contributed by atoms with Crippen LogP contribution in [0.15, 0.2) is 16.3 Å². The van der Waals surface area contributed by atoms with Gasteiger partial charge in [0.2, 0.25) is 0 Å². The summed E-state index contributed by atoms with van der Waals surface area (Å²) in [6.45, 7) is 8.48. The molecule has 0 aromatic carbocycles. The Bertz CT molecular complexity index is 531. The van der Waals surface area contributed by atoms with Crippen molar-refractivity contribution in [2.24, 2.45) is 5.92 Å². The van der Waals surface area contributed by atoms with E-state index >= 15 is 0 Å². The fraction of sp³-hybridized carbons (Fsp3) is 0.714. The average molecular weight is 316 g/mol. The van der Waals surface area contributed by atoms with Crippen LogP contribution >= 0.6 is 11.3 Å². The van der Waals surface area contributed by atoms with Gasteiger partial charge in [-0.25, -0.2) is 8.42 Å². The standard InChI is InChI=1S/C14H24N2O2S2/c1-4-15-12(3)13-7-9-16(10-8-13)20(17,18)14-6-5-11(2)19-14/h5-6,12-13,15H,4,7-10H2,1-3H3. The molecule has 1 saturated heterocycles. The Hall–Kier alpha value is -0.430. The van der Waals surface area contributed by atoms with E-state index in [0.717, 1.165) is 24.3 Å².